The maximum absolute atomic E-state index is 12.8. The average Bonchev–Trinajstić information content (AvgIpc) is 2.70. The summed E-state index contributed by atoms with van der Waals surface area (Å²) in [5, 5.41) is 11.9. The van der Waals surface area contributed by atoms with Crippen LogP contribution in [-0.4, -0.2) is 58.8 Å². The van der Waals surface area contributed by atoms with Crippen molar-refractivity contribution in [2.24, 2.45) is 16.7 Å². The van der Waals surface area contributed by atoms with Gasteiger partial charge in [-0.15, -0.1) is 10.2 Å². The van der Waals surface area contributed by atoms with Gasteiger partial charge >= 0.3 is 0 Å². The molecule has 6 nitrogen and oxygen atoms in total. The fourth-order valence-electron chi connectivity index (χ4n) is 6.66. The van der Waals surface area contributed by atoms with E-state index in [-0.39, 0.29) is 22.8 Å². The normalized spacial score (nSPS) is 23.8. The number of rotatable bonds is 7. The van der Waals surface area contributed by atoms with Crippen LogP contribution >= 0.6 is 0 Å². The predicted octanol–water partition coefficient (Wildman–Crippen LogP) is 4.51. The molecule has 3 fully saturated rings. The van der Waals surface area contributed by atoms with Crippen molar-refractivity contribution < 1.29 is 4.79 Å². The number of amides is 1. The minimum Gasteiger partial charge on any atom is -0.355 e. The monoisotopic (exact) mass is 441 g/mol. The molecule has 1 N–H and O–H groups in total. The number of aromatic nitrogens is 2. The Bertz CT molecular complexity index is 777. The molecule has 0 unspecified atom stereocenters. The van der Waals surface area contributed by atoms with E-state index in [9.17, 15) is 4.79 Å². The van der Waals surface area contributed by atoms with Crippen molar-refractivity contribution in [2.75, 3.05) is 24.5 Å². The Morgan fingerprint density at radius 1 is 1.09 bits per heavy atom. The van der Waals surface area contributed by atoms with Gasteiger partial charge in [-0.2, -0.15) is 0 Å². The van der Waals surface area contributed by atoms with Gasteiger partial charge in [-0.3, -0.25) is 9.69 Å². The molecule has 2 heterocycles. The summed E-state index contributed by atoms with van der Waals surface area (Å²) in [4.78, 5) is 17.8. The number of anilines is 1. The van der Waals surface area contributed by atoms with E-state index < -0.39 is 0 Å². The molecule has 6 heteroatoms. The molecule has 0 aromatic carbocycles. The number of hydrogen-bond donors (Lipinski definition) is 1. The molecule has 1 aromatic rings. The Morgan fingerprint density at radius 3 is 2.22 bits per heavy atom. The number of nitrogens with one attached hydrogen (secondary N) is 1. The first-order chi connectivity index (χ1) is 15.1. The summed E-state index contributed by atoms with van der Waals surface area (Å²) in [7, 11) is 0. The van der Waals surface area contributed by atoms with Gasteiger partial charge in [-0.05, 0) is 74.8 Å². The van der Waals surface area contributed by atoms with Gasteiger partial charge in [0.1, 0.15) is 0 Å². The molecule has 0 radical (unpaired) electrons. The van der Waals surface area contributed by atoms with Gasteiger partial charge < -0.3 is 10.2 Å². The average molecular weight is 442 g/mol. The quantitative estimate of drug-likeness (QED) is 0.674. The minimum absolute atomic E-state index is 0.113. The highest BCUT2D eigenvalue weighted by atomic mass is 16.2. The number of carbonyl (C=O) groups excluding carboxylic acids is 1. The largest absolute Gasteiger partial charge is 0.355 e. The Kier molecular flexibility index (Phi) is 6.54. The molecule has 32 heavy (non-hydrogen) atoms. The molecule has 178 valence electrons. The number of piperidine rings is 1. The van der Waals surface area contributed by atoms with Crippen LogP contribution in [0.3, 0.4) is 0 Å². The Morgan fingerprint density at radius 2 is 1.75 bits per heavy atom. The van der Waals surface area contributed by atoms with E-state index in [1.807, 2.05) is 12.1 Å². The third-order valence-electron chi connectivity index (χ3n) is 8.25. The van der Waals surface area contributed by atoms with Gasteiger partial charge in [0.15, 0.2) is 11.5 Å². The summed E-state index contributed by atoms with van der Waals surface area (Å²) in [6, 6.07) is 5.41. The SMILES string of the molecule is CC(C)N(CC1CCN(c2ccc(C(=O)NC3C(C)(C)CC3(C)C)nn2)CC1)C1CCC1. The molecule has 1 saturated heterocycles. The maximum Gasteiger partial charge on any atom is 0.272 e. The first-order valence-electron chi connectivity index (χ1n) is 12.7. The van der Waals surface area contributed by atoms with Crippen molar-refractivity contribution in [1.29, 1.82) is 0 Å². The van der Waals surface area contributed by atoms with Crippen LogP contribution in [-0.2, 0) is 0 Å². The lowest BCUT2D eigenvalue weighted by atomic mass is 9.52. The van der Waals surface area contributed by atoms with Gasteiger partial charge in [-0.25, -0.2) is 0 Å². The van der Waals surface area contributed by atoms with Crippen LogP contribution in [0.4, 0.5) is 5.82 Å². The van der Waals surface area contributed by atoms with Crippen LogP contribution in [0, 0.1) is 16.7 Å². The third-order valence-corrected chi connectivity index (χ3v) is 8.25. The van der Waals surface area contributed by atoms with Gasteiger partial charge in [0.2, 0.25) is 0 Å². The Balaban J connectivity index is 1.29. The molecule has 3 aliphatic rings. The summed E-state index contributed by atoms with van der Waals surface area (Å²) in [5.41, 5.74) is 0.664. The first-order valence-corrected chi connectivity index (χ1v) is 12.7. The summed E-state index contributed by atoms with van der Waals surface area (Å²) in [6.45, 7) is 16.8. The predicted molar refractivity (Wildman–Crippen MR) is 130 cm³/mol. The van der Waals surface area contributed by atoms with Crippen LogP contribution in [0.15, 0.2) is 12.1 Å². The summed E-state index contributed by atoms with van der Waals surface area (Å²) < 4.78 is 0. The van der Waals surface area contributed by atoms with Crippen LogP contribution in [0.2, 0.25) is 0 Å². The van der Waals surface area contributed by atoms with E-state index in [0.717, 1.165) is 37.3 Å². The second kappa shape index (κ2) is 8.92. The molecular weight excluding hydrogens is 398 g/mol. The number of hydrogen-bond acceptors (Lipinski definition) is 5. The van der Waals surface area contributed by atoms with Gasteiger partial charge in [0, 0.05) is 37.8 Å². The minimum atomic E-state index is -0.113. The van der Waals surface area contributed by atoms with E-state index in [1.54, 1.807) is 0 Å². The smallest absolute Gasteiger partial charge is 0.272 e. The van der Waals surface area contributed by atoms with E-state index >= 15 is 0 Å². The van der Waals surface area contributed by atoms with Crippen LogP contribution in [0.25, 0.3) is 0 Å². The van der Waals surface area contributed by atoms with Crippen molar-refractivity contribution in [2.45, 2.75) is 98.2 Å². The number of carbonyl (C=O) groups is 1. The highest BCUT2D eigenvalue weighted by Crippen LogP contribution is 2.53. The fourth-order valence-corrected chi connectivity index (χ4v) is 6.66. The van der Waals surface area contributed by atoms with Crippen molar-refractivity contribution in [3.63, 3.8) is 0 Å². The summed E-state index contributed by atoms with van der Waals surface area (Å²) in [5.74, 6) is 1.55. The second-order valence-corrected chi connectivity index (χ2v) is 12.1. The fraction of sp³-hybridized carbons (Fsp3) is 0.808. The van der Waals surface area contributed by atoms with Gasteiger partial charge in [0.25, 0.3) is 5.91 Å². The van der Waals surface area contributed by atoms with E-state index in [0.29, 0.717) is 11.7 Å². The Labute approximate surface area is 194 Å². The lowest BCUT2D eigenvalue weighted by Crippen LogP contribution is -2.63. The van der Waals surface area contributed by atoms with Crippen LogP contribution < -0.4 is 10.2 Å². The van der Waals surface area contributed by atoms with E-state index in [1.165, 1.54) is 38.6 Å². The molecular formula is C26H43N5O. The van der Waals surface area contributed by atoms with Crippen molar-refractivity contribution in [1.82, 2.24) is 20.4 Å². The van der Waals surface area contributed by atoms with Crippen molar-refractivity contribution in [3.05, 3.63) is 17.8 Å². The molecule has 0 spiro atoms. The molecule has 2 saturated carbocycles. The highest BCUT2D eigenvalue weighted by molar-refractivity contribution is 5.92. The summed E-state index contributed by atoms with van der Waals surface area (Å²) >= 11 is 0. The van der Waals surface area contributed by atoms with Crippen LogP contribution in [0.1, 0.15) is 90.6 Å². The van der Waals surface area contributed by atoms with Gasteiger partial charge in [0.05, 0.1) is 0 Å². The Hall–Kier alpha value is -1.69. The van der Waals surface area contributed by atoms with Crippen molar-refractivity contribution >= 4 is 11.7 Å². The number of nitrogens with zero attached hydrogens (tertiary/aromatic N) is 4. The van der Waals surface area contributed by atoms with Crippen molar-refractivity contribution in [3.8, 4) is 0 Å². The zero-order valence-corrected chi connectivity index (χ0v) is 21.0. The molecule has 1 aliphatic heterocycles. The molecule has 0 atom stereocenters. The second-order valence-electron chi connectivity index (χ2n) is 12.1. The summed E-state index contributed by atoms with van der Waals surface area (Å²) in [6.07, 6.45) is 7.66. The van der Waals surface area contributed by atoms with E-state index in [2.05, 4.69) is 66.9 Å². The zero-order valence-electron chi connectivity index (χ0n) is 21.0. The highest BCUT2D eigenvalue weighted by Gasteiger charge is 2.53. The maximum atomic E-state index is 12.8. The van der Waals surface area contributed by atoms with Crippen LogP contribution in [0.5, 0.6) is 0 Å². The zero-order chi connectivity index (χ0) is 23.1. The lowest BCUT2D eigenvalue weighted by molar-refractivity contribution is -0.0367. The molecule has 1 amide bonds. The lowest BCUT2D eigenvalue weighted by Gasteiger charge is -2.57. The van der Waals surface area contributed by atoms with Gasteiger partial charge in [-0.1, -0.05) is 34.1 Å². The molecule has 4 rings (SSSR count). The molecule has 2 aliphatic carbocycles. The standard InChI is InChI=1S/C26H43N5O/c1-18(2)31(20-8-7-9-20)16-19-12-14-30(15-13-19)22-11-10-21(28-29-22)23(32)27-24-25(3,4)17-26(24,5)6/h10-11,18-20,24H,7-9,12-17H2,1-6H3,(H,27,32). The first kappa shape index (κ1) is 23.5. The topological polar surface area (TPSA) is 61.4 Å². The van der Waals surface area contributed by atoms with E-state index in [4.69, 9.17) is 0 Å². The third kappa shape index (κ3) is 4.80. The molecule has 1 aromatic heterocycles. The molecule has 0 bridgehead atoms.